The average Bonchev–Trinajstić information content (AvgIpc) is 2.55. The molecule has 0 bridgehead atoms. The predicted octanol–water partition coefficient (Wildman–Crippen LogP) is 2.17. The fraction of sp³-hybridized carbons (Fsp3) is 0.923. The van der Waals surface area contributed by atoms with Crippen molar-refractivity contribution < 1.29 is 4.74 Å². The summed E-state index contributed by atoms with van der Waals surface area (Å²) in [4.78, 5) is 0. The van der Waals surface area contributed by atoms with Gasteiger partial charge in [-0.15, -0.1) is 0 Å². The maximum atomic E-state index is 5.26. The molecule has 0 aromatic carbocycles. The van der Waals surface area contributed by atoms with Gasteiger partial charge in [0.2, 0.25) is 0 Å². The van der Waals surface area contributed by atoms with Crippen LogP contribution < -0.4 is 10.6 Å². The van der Waals surface area contributed by atoms with E-state index in [1.807, 2.05) is 0 Å². The molecular weight excluding hydrogens is 232 g/mol. The van der Waals surface area contributed by atoms with Crippen LogP contribution in [0.15, 0.2) is 0 Å². The molecule has 1 saturated carbocycles. The van der Waals surface area contributed by atoms with Crippen molar-refractivity contribution in [1.82, 2.24) is 10.6 Å². The first-order chi connectivity index (χ1) is 7.73. The molecule has 1 atom stereocenters. The molecule has 0 amide bonds. The molecule has 1 rings (SSSR count). The van der Waals surface area contributed by atoms with Gasteiger partial charge in [-0.1, -0.05) is 27.7 Å². The topological polar surface area (TPSA) is 33.3 Å². The highest BCUT2D eigenvalue weighted by molar-refractivity contribution is 7.80. The molecule has 0 spiro atoms. The Bertz CT molecular complexity index is 275. The van der Waals surface area contributed by atoms with Gasteiger partial charge in [-0.2, -0.15) is 0 Å². The minimum atomic E-state index is 0.250. The van der Waals surface area contributed by atoms with E-state index in [0.717, 1.165) is 11.7 Å². The smallest absolute Gasteiger partial charge is 0.166 e. The molecule has 1 fully saturated rings. The van der Waals surface area contributed by atoms with Gasteiger partial charge in [0.05, 0.1) is 6.61 Å². The molecule has 0 aromatic heterocycles. The first-order valence-electron chi connectivity index (χ1n) is 6.26. The third-order valence-electron chi connectivity index (χ3n) is 4.58. The Morgan fingerprint density at radius 3 is 2.24 bits per heavy atom. The molecule has 2 N–H and O–H groups in total. The number of hydrogen-bond donors (Lipinski definition) is 2. The van der Waals surface area contributed by atoms with Crippen LogP contribution in [0.2, 0.25) is 0 Å². The third-order valence-corrected chi connectivity index (χ3v) is 4.84. The number of hydrogen-bond acceptors (Lipinski definition) is 2. The quantitative estimate of drug-likeness (QED) is 0.741. The molecule has 0 saturated heterocycles. The molecule has 0 radical (unpaired) electrons. The van der Waals surface area contributed by atoms with E-state index in [9.17, 15) is 0 Å². The first-order valence-corrected chi connectivity index (χ1v) is 6.67. The zero-order valence-corrected chi connectivity index (χ0v) is 12.7. The number of methoxy groups -OCH3 is 1. The van der Waals surface area contributed by atoms with E-state index in [1.54, 1.807) is 7.11 Å². The first kappa shape index (κ1) is 14.7. The Morgan fingerprint density at radius 2 is 1.82 bits per heavy atom. The minimum Gasteiger partial charge on any atom is -0.383 e. The van der Waals surface area contributed by atoms with Crippen molar-refractivity contribution in [2.45, 2.75) is 40.7 Å². The monoisotopic (exact) mass is 258 g/mol. The molecular formula is C13H26N2OS. The lowest BCUT2D eigenvalue weighted by atomic mass is 10.0. The third kappa shape index (κ3) is 3.10. The van der Waals surface area contributed by atoms with Crippen molar-refractivity contribution in [3.8, 4) is 0 Å². The van der Waals surface area contributed by atoms with Crippen molar-refractivity contribution in [3.63, 3.8) is 0 Å². The molecule has 1 aliphatic rings. The zero-order valence-electron chi connectivity index (χ0n) is 11.9. The second kappa shape index (κ2) is 5.11. The summed E-state index contributed by atoms with van der Waals surface area (Å²) in [5, 5.41) is 7.25. The van der Waals surface area contributed by atoms with Crippen LogP contribution in [0.3, 0.4) is 0 Å². The number of ether oxygens (including phenoxy) is 1. The van der Waals surface area contributed by atoms with E-state index in [0.29, 0.717) is 23.4 Å². The Labute approximate surface area is 111 Å². The van der Waals surface area contributed by atoms with Gasteiger partial charge in [-0.3, -0.25) is 0 Å². The highest BCUT2D eigenvalue weighted by Gasteiger charge is 2.64. The second-order valence-electron chi connectivity index (χ2n) is 6.21. The van der Waals surface area contributed by atoms with Gasteiger partial charge in [-0.05, 0) is 35.9 Å². The van der Waals surface area contributed by atoms with Gasteiger partial charge in [0.15, 0.2) is 5.11 Å². The Balaban J connectivity index is 2.27. The van der Waals surface area contributed by atoms with Gasteiger partial charge in [0.1, 0.15) is 0 Å². The minimum absolute atomic E-state index is 0.250. The predicted molar refractivity (Wildman–Crippen MR) is 76.1 cm³/mol. The van der Waals surface area contributed by atoms with Gasteiger partial charge in [0.25, 0.3) is 0 Å². The van der Waals surface area contributed by atoms with E-state index >= 15 is 0 Å². The number of nitrogens with one attached hydrogen (secondary N) is 2. The van der Waals surface area contributed by atoms with Crippen LogP contribution in [-0.2, 0) is 4.74 Å². The van der Waals surface area contributed by atoms with E-state index in [4.69, 9.17) is 17.0 Å². The van der Waals surface area contributed by atoms with Crippen LogP contribution in [0, 0.1) is 16.7 Å². The van der Waals surface area contributed by atoms with Crippen LogP contribution in [0.4, 0.5) is 0 Å². The molecule has 17 heavy (non-hydrogen) atoms. The maximum Gasteiger partial charge on any atom is 0.166 e. The molecule has 3 nitrogen and oxygen atoms in total. The maximum absolute atomic E-state index is 5.26. The zero-order chi connectivity index (χ0) is 13.3. The Hall–Kier alpha value is -0.350. The van der Waals surface area contributed by atoms with E-state index in [1.165, 1.54) is 0 Å². The highest BCUT2D eigenvalue weighted by Crippen LogP contribution is 2.67. The van der Waals surface area contributed by atoms with Gasteiger partial charge < -0.3 is 15.4 Å². The summed E-state index contributed by atoms with van der Waals surface area (Å²) < 4.78 is 5.06. The average molecular weight is 258 g/mol. The fourth-order valence-electron chi connectivity index (χ4n) is 2.60. The van der Waals surface area contributed by atoms with Crippen molar-refractivity contribution in [3.05, 3.63) is 0 Å². The van der Waals surface area contributed by atoms with Crippen LogP contribution in [-0.4, -0.2) is 31.4 Å². The van der Waals surface area contributed by atoms with Crippen molar-refractivity contribution in [1.29, 1.82) is 0 Å². The van der Waals surface area contributed by atoms with E-state index in [-0.39, 0.29) is 6.04 Å². The van der Waals surface area contributed by atoms with Crippen LogP contribution in [0.5, 0.6) is 0 Å². The summed E-state index contributed by atoms with van der Waals surface area (Å²) in [5.41, 5.74) is 0.821. The van der Waals surface area contributed by atoms with Gasteiger partial charge in [0, 0.05) is 19.7 Å². The molecule has 1 unspecified atom stereocenters. The Kier molecular flexibility index (Phi) is 4.42. The summed E-state index contributed by atoms with van der Waals surface area (Å²) in [6.07, 6.45) is 0. The lowest BCUT2D eigenvalue weighted by Gasteiger charge is -2.16. The standard InChI is InChI=1S/C13H26N2OS/c1-9(8-16-6)15-11(17)14-7-10-12(2,3)13(10,4)5/h9-10H,7-8H2,1-6H3,(H2,14,15,17). The largest absolute Gasteiger partial charge is 0.383 e. The van der Waals surface area contributed by atoms with Gasteiger partial charge >= 0.3 is 0 Å². The molecule has 100 valence electrons. The van der Waals surface area contributed by atoms with Crippen LogP contribution >= 0.6 is 12.2 Å². The summed E-state index contributed by atoms with van der Waals surface area (Å²) >= 11 is 5.26. The number of rotatable bonds is 5. The summed E-state index contributed by atoms with van der Waals surface area (Å²) in [6.45, 7) is 13.0. The van der Waals surface area contributed by atoms with Crippen molar-refractivity contribution in [2.24, 2.45) is 16.7 Å². The van der Waals surface area contributed by atoms with E-state index in [2.05, 4.69) is 45.3 Å². The molecule has 0 aromatic rings. The van der Waals surface area contributed by atoms with Crippen LogP contribution in [0.1, 0.15) is 34.6 Å². The summed E-state index contributed by atoms with van der Waals surface area (Å²) in [6, 6.07) is 0.250. The second-order valence-corrected chi connectivity index (χ2v) is 6.61. The van der Waals surface area contributed by atoms with Crippen molar-refractivity contribution in [2.75, 3.05) is 20.3 Å². The van der Waals surface area contributed by atoms with E-state index < -0.39 is 0 Å². The lowest BCUT2D eigenvalue weighted by Crippen LogP contribution is -2.43. The summed E-state index contributed by atoms with van der Waals surface area (Å²) in [5.74, 6) is 0.687. The number of thiocarbonyl (C=S) groups is 1. The van der Waals surface area contributed by atoms with Crippen molar-refractivity contribution >= 4 is 17.3 Å². The van der Waals surface area contributed by atoms with Gasteiger partial charge in [-0.25, -0.2) is 0 Å². The molecule has 1 aliphatic carbocycles. The molecule has 4 heteroatoms. The summed E-state index contributed by atoms with van der Waals surface area (Å²) in [7, 11) is 1.70. The highest BCUT2D eigenvalue weighted by atomic mass is 32.1. The SMILES string of the molecule is COCC(C)NC(=S)NCC1C(C)(C)C1(C)C. The molecule has 0 heterocycles. The normalized spacial score (nSPS) is 22.9. The van der Waals surface area contributed by atoms with Crippen LogP contribution in [0.25, 0.3) is 0 Å². The Morgan fingerprint density at radius 1 is 1.29 bits per heavy atom. The lowest BCUT2D eigenvalue weighted by molar-refractivity contribution is 0.179. The molecule has 0 aliphatic heterocycles. The fourth-order valence-corrected chi connectivity index (χ4v) is 2.89.